The normalized spacial score (nSPS) is 11.6. The summed E-state index contributed by atoms with van der Waals surface area (Å²) in [6, 6.07) is 34.2. The molecule has 0 aliphatic heterocycles. The van der Waals surface area contributed by atoms with Crippen LogP contribution in [-0.2, 0) is 12.8 Å². The second-order valence-electron chi connectivity index (χ2n) is 8.46. The fourth-order valence-electron chi connectivity index (χ4n) is 5.00. The number of aryl methyl sites for hydroxylation is 2. The van der Waals surface area contributed by atoms with Crippen LogP contribution in [0.3, 0.4) is 0 Å². The number of aromatic nitrogens is 2. The highest BCUT2D eigenvalue weighted by Crippen LogP contribution is 2.30. The van der Waals surface area contributed by atoms with Crippen molar-refractivity contribution < 1.29 is 0 Å². The van der Waals surface area contributed by atoms with Crippen molar-refractivity contribution in [2.24, 2.45) is 0 Å². The Kier molecular flexibility index (Phi) is 4.77. The molecule has 154 valence electrons. The molecule has 0 atom stereocenters. The number of pyridine rings is 2. The highest BCUT2D eigenvalue weighted by Gasteiger charge is 2.11. The number of rotatable bonds is 5. The first-order valence-electron chi connectivity index (χ1n) is 11.4. The van der Waals surface area contributed by atoms with Crippen LogP contribution in [0.2, 0.25) is 0 Å². The molecule has 6 rings (SSSR count). The number of hydrogen-bond donors (Lipinski definition) is 0. The monoisotopic (exact) mass is 412 g/mol. The first-order valence-corrected chi connectivity index (χ1v) is 11.4. The van der Waals surface area contributed by atoms with Crippen LogP contribution in [0.4, 0.5) is 0 Å². The maximum atomic E-state index is 4.88. The van der Waals surface area contributed by atoms with E-state index in [-0.39, 0.29) is 0 Å². The van der Waals surface area contributed by atoms with E-state index in [4.69, 9.17) is 9.97 Å². The van der Waals surface area contributed by atoms with Crippen molar-refractivity contribution in [2.75, 3.05) is 0 Å². The maximum absolute atomic E-state index is 4.88. The lowest BCUT2D eigenvalue weighted by Crippen LogP contribution is -1.96. The molecule has 0 amide bonds. The number of para-hydroxylation sites is 4. The lowest BCUT2D eigenvalue weighted by Gasteiger charge is -2.13. The fraction of sp³-hybridized carbons (Fsp3) is 0.133. The Morgan fingerprint density at radius 3 is 0.969 bits per heavy atom. The van der Waals surface area contributed by atoms with Crippen molar-refractivity contribution in [3.8, 4) is 0 Å². The number of benzene rings is 4. The van der Waals surface area contributed by atoms with Crippen LogP contribution in [0.25, 0.3) is 43.6 Å². The summed E-state index contributed by atoms with van der Waals surface area (Å²) in [6.45, 7) is 0. The second-order valence-corrected chi connectivity index (χ2v) is 8.46. The van der Waals surface area contributed by atoms with E-state index in [1.54, 1.807) is 0 Å². The second kappa shape index (κ2) is 8.05. The van der Waals surface area contributed by atoms with Crippen LogP contribution >= 0.6 is 0 Å². The summed E-state index contributed by atoms with van der Waals surface area (Å²) in [4.78, 5) is 9.75. The lowest BCUT2D eigenvalue weighted by molar-refractivity contribution is 0.744. The van der Waals surface area contributed by atoms with Gasteiger partial charge in [0.25, 0.3) is 0 Å². The molecule has 0 aliphatic rings. The molecule has 0 N–H and O–H groups in total. The van der Waals surface area contributed by atoms with Gasteiger partial charge in [0.15, 0.2) is 0 Å². The minimum absolute atomic E-state index is 1.06. The summed E-state index contributed by atoms with van der Waals surface area (Å²) in [5.74, 6) is 0. The van der Waals surface area contributed by atoms with Crippen molar-refractivity contribution in [3.63, 3.8) is 0 Å². The Morgan fingerprint density at radius 2 is 0.656 bits per heavy atom. The molecule has 0 saturated carbocycles. The first-order chi connectivity index (χ1) is 15.9. The van der Waals surface area contributed by atoms with Crippen molar-refractivity contribution >= 4 is 43.6 Å². The van der Waals surface area contributed by atoms with Gasteiger partial charge in [-0.2, -0.15) is 0 Å². The van der Waals surface area contributed by atoms with Crippen LogP contribution in [0.5, 0.6) is 0 Å². The Morgan fingerprint density at radius 1 is 0.375 bits per heavy atom. The van der Waals surface area contributed by atoms with Crippen molar-refractivity contribution in [1.82, 2.24) is 9.97 Å². The molecular formula is C30H24N2. The molecule has 0 fully saturated rings. The molecule has 0 saturated heterocycles. The lowest BCUT2D eigenvalue weighted by atomic mass is 9.94. The Labute approximate surface area is 187 Å². The average Bonchev–Trinajstić information content (AvgIpc) is 2.85. The van der Waals surface area contributed by atoms with Crippen LogP contribution in [-0.4, -0.2) is 9.97 Å². The molecule has 0 unspecified atom stereocenters. The zero-order valence-corrected chi connectivity index (χ0v) is 18.0. The molecule has 6 aromatic rings. The van der Waals surface area contributed by atoms with E-state index >= 15 is 0 Å². The van der Waals surface area contributed by atoms with Gasteiger partial charge in [-0.1, -0.05) is 72.8 Å². The molecule has 0 radical (unpaired) electrons. The molecule has 4 aromatic carbocycles. The largest absolute Gasteiger partial charge is 0.248 e. The third-order valence-corrected chi connectivity index (χ3v) is 6.50. The first kappa shape index (κ1) is 18.9. The number of unbranched alkanes of at least 4 members (excludes halogenated alkanes) is 1. The van der Waals surface area contributed by atoms with E-state index in [9.17, 15) is 0 Å². The van der Waals surface area contributed by atoms with Crippen LogP contribution < -0.4 is 0 Å². The quantitative estimate of drug-likeness (QED) is 0.215. The van der Waals surface area contributed by atoms with Gasteiger partial charge in [0.2, 0.25) is 0 Å². The molecule has 2 nitrogen and oxygen atoms in total. The molecule has 0 spiro atoms. The van der Waals surface area contributed by atoms with E-state index in [0.29, 0.717) is 0 Å². The van der Waals surface area contributed by atoms with Gasteiger partial charge in [0, 0.05) is 21.5 Å². The highest BCUT2D eigenvalue weighted by molar-refractivity contribution is 5.98. The SMILES string of the molecule is c1ccc2c(CCCCc3c4ccccc4nc4ccccc34)c3ccccc3nc2c1. The van der Waals surface area contributed by atoms with E-state index in [2.05, 4.69) is 97.1 Å². The summed E-state index contributed by atoms with van der Waals surface area (Å²) in [6.07, 6.45) is 4.40. The van der Waals surface area contributed by atoms with Gasteiger partial charge >= 0.3 is 0 Å². The molecule has 2 heteroatoms. The smallest absolute Gasteiger partial charge is 0.0712 e. The standard InChI is InChI=1S/C30H24N2/c1(11-21-23-13-3-7-17-27(23)31-28-18-8-4-14-24(21)28)2-12-22-25-15-5-9-19-29(25)32-30-20-10-6-16-26(22)30/h3-10,13-20H,1-2,11-12H2. The number of nitrogens with zero attached hydrogens (tertiary/aromatic N) is 2. The van der Waals surface area contributed by atoms with Crippen LogP contribution in [0.15, 0.2) is 97.1 Å². The van der Waals surface area contributed by atoms with Gasteiger partial charge in [0.1, 0.15) is 0 Å². The average molecular weight is 413 g/mol. The van der Waals surface area contributed by atoms with Crippen LogP contribution in [0, 0.1) is 0 Å². The predicted octanol–water partition coefficient (Wildman–Crippen LogP) is 7.65. The summed E-state index contributed by atoms with van der Waals surface area (Å²) in [5.41, 5.74) is 7.21. The molecule has 2 aromatic heterocycles. The Hall–Kier alpha value is -3.78. The Balaban J connectivity index is 1.32. The zero-order valence-electron chi connectivity index (χ0n) is 18.0. The van der Waals surface area contributed by atoms with E-state index in [1.165, 1.54) is 32.7 Å². The number of hydrogen-bond acceptors (Lipinski definition) is 2. The van der Waals surface area contributed by atoms with E-state index in [0.717, 1.165) is 47.8 Å². The third-order valence-electron chi connectivity index (χ3n) is 6.50. The van der Waals surface area contributed by atoms with Gasteiger partial charge < -0.3 is 0 Å². The topological polar surface area (TPSA) is 25.8 Å². The minimum Gasteiger partial charge on any atom is -0.248 e. The van der Waals surface area contributed by atoms with E-state index in [1.807, 2.05) is 0 Å². The molecule has 0 aliphatic carbocycles. The number of fused-ring (bicyclic) bond motifs is 4. The van der Waals surface area contributed by atoms with Gasteiger partial charge in [-0.15, -0.1) is 0 Å². The summed E-state index contributed by atoms with van der Waals surface area (Å²) in [7, 11) is 0. The molecular weight excluding hydrogens is 388 g/mol. The molecule has 32 heavy (non-hydrogen) atoms. The minimum atomic E-state index is 1.06. The van der Waals surface area contributed by atoms with Gasteiger partial charge in [0.05, 0.1) is 22.1 Å². The van der Waals surface area contributed by atoms with Gasteiger partial charge in [-0.25, -0.2) is 9.97 Å². The third kappa shape index (κ3) is 3.29. The van der Waals surface area contributed by atoms with E-state index < -0.39 is 0 Å². The van der Waals surface area contributed by atoms with Crippen molar-refractivity contribution in [1.29, 1.82) is 0 Å². The van der Waals surface area contributed by atoms with Crippen molar-refractivity contribution in [3.05, 3.63) is 108 Å². The van der Waals surface area contributed by atoms with Gasteiger partial charge in [-0.05, 0) is 61.1 Å². The predicted molar refractivity (Wildman–Crippen MR) is 135 cm³/mol. The fourth-order valence-corrected chi connectivity index (χ4v) is 5.00. The highest BCUT2D eigenvalue weighted by atomic mass is 14.7. The van der Waals surface area contributed by atoms with Crippen LogP contribution in [0.1, 0.15) is 24.0 Å². The zero-order chi connectivity index (χ0) is 21.3. The molecule has 2 heterocycles. The summed E-state index contributed by atoms with van der Waals surface area (Å²) in [5, 5.41) is 5.13. The molecule has 0 bridgehead atoms. The Bertz CT molecular complexity index is 1350. The summed E-state index contributed by atoms with van der Waals surface area (Å²) < 4.78 is 0. The maximum Gasteiger partial charge on any atom is 0.0712 e. The van der Waals surface area contributed by atoms with Crippen molar-refractivity contribution in [2.45, 2.75) is 25.7 Å². The van der Waals surface area contributed by atoms with Gasteiger partial charge in [-0.3, -0.25) is 0 Å². The summed E-state index contributed by atoms with van der Waals surface area (Å²) >= 11 is 0.